The third-order valence-corrected chi connectivity index (χ3v) is 17.8. The van der Waals surface area contributed by atoms with Gasteiger partial charge in [0.1, 0.15) is 6.61 Å². The summed E-state index contributed by atoms with van der Waals surface area (Å²) in [5.74, 6) is -0.276. The largest absolute Gasteiger partial charge is 0.465 e. The Bertz CT molecular complexity index is 2270. The lowest BCUT2D eigenvalue weighted by Gasteiger charge is -2.25. The monoisotopic (exact) mass is 1100 g/mol. The predicted molar refractivity (Wildman–Crippen MR) is 295 cm³/mol. The van der Waals surface area contributed by atoms with Crippen molar-refractivity contribution in [3.8, 4) is 11.1 Å². The van der Waals surface area contributed by atoms with Gasteiger partial charge in [-0.2, -0.15) is 0 Å². The highest BCUT2D eigenvalue weighted by Crippen LogP contribution is 2.44. The second-order valence-corrected chi connectivity index (χ2v) is 23.3. The maximum Gasteiger partial charge on any atom is 0.305 e. The first-order valence-electron chi connectivity index (χ1n) is 29.5. The number of fused-ring (bicyclic) bond motifs is 3. The average Bonchev–Trinajstić information content (AvgIpc) is 4.42. The molecule has 434 valence electrons. The van der Waals surface area contributed by atoms with Crippen molar-refractivity contribution < 1.29 is 64.2 Å². The minimum atomic E-state index is -0.338. The van der Waals surface area contributed by atoms with Crippen molar-refractivity contribution in [3.05, 3.63) is 59.7 Å². The molecule has 7 aliphatic rings. The first kappa shape index (κ1) is 60.7. The zero-order chi connectivity index (χ0) is 56.4. The minimum absolute atomic E-state index is 0.00131. The SMILES string of the molecule is CC(=O)N[C@H]1C[NH2+]C[C@@H]1CC(=O)N[C@H]1CCC[C@@H]1CC(=O)N[C@H]1C[NH2+]C[C@@H]1CC(=O)N[C@H]1CCC[C@@H]1CC(=O)N[C@H]1C[NH2+]C[C@@H]1CC(=O)N[C@H]1CCC[C@@H]1CC(N)=O.CCC(=O)OCC1c2ccccc2-c2ccccc21.CO. The molecule has 0 radical (unpaired) electrons. The van der Waals surface area contributed by atoms with Crippen molar-refractivity contribution in [2.45, 2.75) is 159 Å². The number of nitrogens with one attached hydrogen (secondary N) is 6. The molecular weight excluding hydrogens is 1010 g/mol. The van der Waals surface area contributed by atoms with Crippen molar-refractivity contribution in [1.82, 2.24) is 31.9 Å². The maximum absolute atomic E-state index is 13.4. The number of hydrogen-bond donors (Lipinski definition) is 11. The number of carbonyl (C=O) groups excluding carboxylic acids is 8. The smallest absolute Gasteiger partial charge is 0.305 e. The fraction of sp³-hybridized carbons (Fsp3) is 0.661. The third-order valence-electron chi connectivity index (χ3n) is 17.8. The molecule has 7 amide bonds. The molecule has 6 fully saturated rings. The molecule has 3 saturated heterocycles. The van der Waals surface area contributed by atoms with Crippen molar-refractivity contribution in [2.75, 3.05) is 53.0 Å². The van der Waals surface area contributed by atoms with Gasteiger partial charge in [-0.3, -0.25) is 38.4 Å². The normalized spacial score (nSPS) is 28.4. The Labute approximate surface area is 465 Å². The first-order valence-corrected chi connectivity index (χ1v) is 29.5. The second kappa shape index (κ2) is 30.0. The van der Waals surface area contributed by atoms with E-state index in [4.69, 9.17) is 15.6 Å². The van der Waals surface area contributed by atoms with E-state index in [0.29, 0.717) is 51.7 Å². The van der Waals surface area contributed by atoms with Gasteiger partial charge in [0.25, 0.3) is 0 Å². The fourth-order valence-corrected chi connectivity index (χ4v) is 13.9. The van der Waals surface area contributed by atoms with Crippen molar-refractivity contribution in [1.29, 1.82) is 0 Å². The van der Waals surface area contributed by atoms with E-state index in [9.17, 15) is 38.4 Å². The van der Waals surface area contributed by atoms with Crippen LogP contribution in [0, 0.1) is 35.5 Å². The number of primary amides is 1. The lowest BCUT2D eigenvalue weighted by molar-refractivity contribution is -0.639. The Hall–Kier alpha value is -5.96. The predicted octanol–water partition coefficient (Wildman–Crippen LogP) is -0.919. The van der Waals surface area contributed by atoms with Gasteiger partial charge < -0.3 is 63.4 Å². The number of hydrogen-bond acceptors (Lipinski definition) is 10. The van der Waals surface area contributed by atoms with Gasteiger partial charge in [-0.05, 0) is 78.5 Å². The minimum Gasteiger partial charge on any atom is -0.465 e. The van der Waals surface area contributed by atoms with Crippen LogP contribution in [0.4, 0.5) is 0 Å². The number of amides is 7. The highest BCUT2D eigenvalue weighted by Gasteiger charge is 2.40. The molecule has 0 aromatic heterocycles. The molecule has 0 unspecified atom stereocenters. The van der Waals surface area contributed by atoms with Gasteiger partial charge in [0.2, 0.25) is 41.4 Å². The van der Waals surface area contributed by atoms with E-state index in [1.807, 2.05) is 19.1 Å². The number of rotatable bonds is 21. The van der Waals surface area contributed by atoms with Crippen LogP contribution in [0.1, 0.15) is 134 Å². The van der Waals surface area contributed by atoms with Crippen LogP contribution in [0.25, 0.3) is 11.1 Å². The molecule has 4 aliphatic carbocycles. The fourth-order valence-electron chi connectivity index (χ4n) is 13.9. The van der Waals surface area contributed by atoms with Gasteiger partial charge in [-0.15, -0.1) is 0 Å². The summed E-state index contributed by atoms with van der Waals surface area (Å²) in [5, 5.41) is 32.4. The first-order chi connectivity index (χ1) is 38.2. The van der Waals surface area contributed by atoms with Gasteiger partial charge in [0.15, 0.2) is 0 Å². The van der Waals surface area contributed by atoms with Gasteiger partial charge in [0, 0.05) is 101 Å². The Morgan fingerprint density at radius 1 is 0.481 bits per heavy atom. The summed E-state index contributed by atoms with van der Waals surface area (Å²) in [5.41, 5.74) is 10.5. The van der Waals surface area contributed by atoms with E-state index in [1.54, 1.807) is 0 Å². The van der Waals surface area contributed by atoms with Crippen LogP contribution in [0.3, 0.4) is 0 Å². The third kappa shape index (κ3) is 17.3. The Morgan fingerprint density at radius 2 is 0.823 bits per heavy atom. The maximum atomic E-state index is 13.4. The molecular formula is C59H91N10O10+3. The van der Waals surface area contributed by atoms with Crippen LogP contribution >= 0.6 is 0 Å². The van der Waals surface area contributed by atoms with Gasteiger partial charge in [0.05, 0.1) is 57.4 Å². The number of ether oxygens (including phenoxy) is 1. The topological polar surface area (TPSA) is 314 Å². The number of quaternary nitrogens is 3. The molecule has 3 aliphatic heterocycles. The summed E-state index contributed by atoms with van der Waals surface area (Å²) in [6, 6.07) is 16.3. The van der Waals surface area contributed by atoms with Crippen LogP contribution in [-0.4, -0.2) is 142 Å². The van der Waals surface area contributed by atoms with Crippen molar-refractivity contribution >= 4 is 47.3 Å². The second-order valence-electron chi connectivity index (χ2n) is 23.3. The number of carbonyl (C=O) groups is 8. The van der Waals surface area contributed by atoms with Crippen LogP contribution < -0.4 is 53.6 Å². The highest BCUT2D eigenvalue weighted by atomic mass is 16.5. The summed E-state index contributed by atoms with van der Waals surface area (Å²) in [6.07, 6.45) is 10.4. The van der Waals surface area contributed by atoms with Crippen LogP contribution in [-0.2, 0) is 43.1 Å². The van der Waals surface area contributed by atoms with E-state index < -0.39 is 0 Å². The average molecular weight is 1100 g/mol. The molecule has 20 nitrogen and oxygen atoms in total. The molecule has 2 aromatic carbocycles. The standard InChI is InChI=1S/C41H68N10O7.C17H16O2.CH4O/c1-23(52)46-33-20-43-17-27(33)14-39(56)48-31-9-3-6-25(31)12-37(54)51-35-22-45-19-29(35)16-41(58)49-32-10-4-7-26(32)13-38(55)50-34-21-44-18-28(34)15-40(57)47-30-8-2-5-24(30)11-36(42)53;1-2-17(18)19-11-16-14-9-5-3-7-12(14)13-8-4-6-10-15(13)16;1-2/h24-35,43-45H,2-22H2,1H3,(H2,42,53)(H,46,52)(H,47,57)(H,48,56)(H,49,58)(H,50,55)(H,51,54);3-10,16H,2,11H2,1H3;2H,1H3/p+3/t24-,25-,26-,27+,28+,29+,30+,31+,32+,33+,34+,35+;;/m1../s1. The molecule has 15 N–H and O–H groups in total. The molecule has 12 atom stereocenters. The van der Waals surface area contributed by atoms with E-state index >= 15 is 0 Å². The summed E-state index contributed by atoms with van der Waals surface area (Å²) in [4.78, 5) is 100. The van der Waals surface area contributed by atoms with Gasteiger partial charge in [-0.25, -0.2) is 0 Å². The molecule has 3 heterocycles. The molecule has 9 rings (SSSR count). The number of benzene rings is 2. The van der Waals surface area contributed by atoms with Crippen LogP contribution in [0.5, 0.6) is 0 Å². The van der Waals surface area contributed by atoms with Crippen molar-refractivity contribution in [3.63, 3.8) is 0 Å². The molecule has 79 heavy (non-hydrogen) atoms. The number of esters is 1. The summed E-state index contributed by atoms with van der Waals surface area (Å²) in [6.45, 7) is 8.28. The summed E-state index contributed by atoms with van der Waals surface area (Å²) < 4.78 is 5.35. The highest BCUT2D eigenvalue weighted by molar-refractivity contribution is 5.82. The molecule has 20 heteroatoms. The Balaban J connectivity index is 0.000000357. The van der Waals surface area contributed by atoms with E-state index in [0.717, 1.165) is 97.6 Å². The lowest BCUT2D eigenvalue weighted by atomic mass is 9.94. The quantitative estimate of drug-likeness (QED) is 0.0684. The number of nitrogens with two attached hydrogens (primary N) is 4. The number of aliphatic hydroxyl groups excluding tert-OH is 1. The van der Waals surface area contributed by atoms with Crippen LogP contribution in [0.15, 0.2) is 48.5 Å². The van der Waals surface area contributed by atoms with Crippen molar-refractivity contribution in [2.24, 2.45) is 41.2 Å². The zero-order valence-corrected chi connectivity index (χ0v) is 46.8. The van der Waals surface area contributed by atoms with Gasteiger partial charge >= 0.3 is 5.97 Å². The lowest BCUT2D eigenvalue weighted by Crippen LogP contribution is -2.82. The summed E-state index contributed by atoms with van der Waals surface area (Å²) in [7, 11) is 1.00. The molecule has 2 aromatic rings. The van der Waals surface area contributed by atoms with E-state index in [-0.39, 0.29) is 131 Å². The number of aliphatic hydroxyl groups is 1. The Kier molecular flexibility index (Phi) is 23.1. The Morgan fingerprint density at radius 3 is 1.19 bits per heavy atom. The van der Waals surface area contributed by atoms with E-state index in [2.05, 4.69) is 84.2 Å². The zero-order valence-electron chi connectivity index (χ0n) is 46.8. The van der Waals surface area contributed by atoms with E-state index in [1.165, 1.54) is 29.2 Å². The molecule has 3 saturated carbocycles. The summed E-state index contributed by atoms with van der Waals surface area (Å²) >= 11 is 0. The molecule has 0 spiro atoms. The van der Waals surface area contributed by atoms with Crippen LogP contribution in [0.2, 0.25) is 0 Å². The van der Waals surface area contributed by atoms with Gasteiger partial charge in [-0.1, -0.05) is 74.7 Å². The molecule has 0 bridgehead atoms.